The second-order valence-corrected chi connectivity index (χ2v) is 5.70. The van der Waals surface area contributed by atoms with Crippen molar-refractivity contribution < 1.29 is 8.78 Å². The van der Waals surface area contributed by atoms with Gasteiger partial charge in [0.15, 0.2) is 0 Å². The van der Waals surface area contributed by atoms with Crippen LogP contribution >= 0.6 is 0 Å². The summed E-state index contributed by atoms with van der Waals surface area (Å²) in [7, 11) is 1.88. The van der Waals surface area contributed by atoms with Crippen molar-refractivity contribution >= 4 is 10.9 Å². The van der Waals surface area contributed by atoms with Crippen LogP contribution in [-0.4, -0.2) is 14.8 Å². The molecule has 0 fully saturated rings. The smallest absolute Gasteiger partial charge is 0.265 e. The number of nitrogens with zero attached hydrogens (tertiary/aromatic N) is 3. The Morgan fingerprint density at radius 2 is 1.82 bits per heavy atom. The first kappa shape index (κ1) is 14.6. The Hall–Kier alpha value is -2.30. The summed E-state index contributed by atoms with van der Waals surface area (Å²) in [5, 5.41) is 5.22. The maximum atomic E-state index is 13.1. The van der Waals surface area contributed by atoms with Gasteiger partial charge in [-0.3, -0.25) is 9.67 Å². The van der Waals surface area contributed by atoms with E-state index in [4.69, 9.17) is 0 Å². The van der Waals surface area contributed by atoms with Gasteiger partial charge in [-0.15, -0.1) is 0 Å². The van der Waals surface area contributed by atoms with E-state index in [9.17, 15) is 8.78 Å². The second kappa shape index (κ2) is 5.48. The van der Waals surface area contributed by atoms with Gasteiger partial charge < -0.3 is 0 Å². The molecule has 0 aliphatic carbocycles. The Bertz CT molecular complexity index is 822. The van der Waals surface area contributed by atoms with Gasteiger partial charge >= 0.3 is 0 Å². The number of aryl methyl sites for hydroxylation is 1. The average Bonchev–Trinajstić information content (AvgIpc) is 2.87. The lowest BCUT2D eigenvalue weighted by atomic mass is 9.96. The lowest BCUT2D eigenvalue weighted by Gasteiger charge is -2.13. The monoisotopic (exact) mass is 301 g/mol. The van der Waals surface area contributed by atoms with E-state index >= 15 is 0 Å². The van der Waals surface area contributed by atoms with Gasteiger partial charge in [0.1, 0.15) is 0 Å². The molecule has 0 bridgehead atoms. The molecule has 0 saturated heterocycles. The Labute approximate surface area is 127 Å². The lowest BCUT2D eigenvalue weighted by molar-refractivity contribution is 0.149. The van der Waals surface area contributed by atoms with Crippen molar-refractivity contribution in [2.75, 3.05) is 0 Å². The van der Waals surface area contributed by atoms with Crippen LogP contribution in [0.15, 0.2) is 36.7 Å². The molecule has 5 heteroatoms. The second-order valence-electron chi connectivity index (χ2n) is 5.70. The number of hydrogen-bond donors (Lipinski definition) is 0. The van der Waals surface area contributed by atoms with Gasteiger partial charge in [-0.05, 0) is 29.7 Å². The van der Waals surface area contributed by atoms with Crippen molar-refractivity contribution in [1.82, 2.24) is 14.8 Å². The summed E-state index contributed by atoms with van der Waals surface area (Å²) in [6, 6.07) is 7.66. The summed E-state index contributed by atoms with van der Waals surface area (Å²) in [6.07, 6.45) is 0.582. The zero-order valence-corrected chi connectivity index (χ0v) is 12.7. The molecular weight excluding hydrogens is 284 g/mol. The van der Waals surface area contributed by atoms with Crippen molar-refractivity contribution in [3.8, 4) is 11.3 Å². The first-order valence-corrected chi connectivity index (χ1v) is 7.17. The van der Waals surface area contributed by atoms with Gasteiger partial charge in [-0.25, -0.2) is 8.78 Å². The van der Waals surface area contributed by atoms with Crippen molar-refractivity contribution in [2.45, 2.75) is 26.2 Å². The van der Waals surface area contributed by atoms with Crippen molar-refractivity contribution in [2.24, 2.45) is 7.05 Å². The predicted molar refractivity (Wildman–Crippen MR) is 83.0 cm³/mol. The number of hydrogen-bond acceptors (Lipinski definition) is 2. The third kappa shape index (κ3) is 2.47. The van der Waals surface area contributed by atoms with E-state index in [1.807, 2.05) is 39.1 Å². The van der Waals surface area contributed by atoms with Crippen LogP contribution in [0.2, 0.25) is 0 Å². The summed E-state index contributed by atoms with van der Waals surface area (Å²) in [5.41, 5.74) is 3.30. The molecule has 1 aromatic carbocycles. The number of rotatable bonds is 3. The fourth-order valence-corrected chi connectivity index (χ4v) is 2.64. The van der Waals surface area contributed by atoms with E-state index in [1.54, 1.807) is 16.9 Å². The van der Waals surface area contributed by atoms with E-state index in [0.717, 1.165) is 16.5 Å². The molecule has 114 valence electrons. The number of alkyl halides is 2. The molecule has 2 aromatic heterocycles. The minimum atomic E-state index is -2.50. The molecule has 0 radical (unpaired) electrons. The third-order valence-electron chi connectivity index (χ3n) is 3.87. The van der Waals surface area contributed by atoms with Crippen LogP contribution in [0.4, 0.5) is 8.78 Å². The third-order valence-corrected chi connectivity index (χ3v) is 3.87. The van der Waals surface area contributed by atoms with Crippen LogP contribution in [0.1, 0.15) is 37.3 Å². The first-order valence-electron chi connectivity index (χ1n) is 7.17. The Morgan fingerprint density at radius 1 is 1.05 bits per heavy atom. The van der Waals surface area contributed by atoms with Gasteiger partial charge in [0.2, 0.25) is 0 Å². The summed E-state index contributed by atoms with van der Waals surface area (Å²) >= 11 is 0. The molecule has 0 aliphatic heterocycles. The summed E-state index contributed by atoms with van der Waals surface area (Å²) < 4.78 is 28.0. The first-order chi connectivity index (χ1) is 10.5. The van der Waals surface area contributed by atoms with Gasteiger partial charge in [-0.1, -0.05) is 19.9 Å². The molecule has 2 heterocycles. The minimum Gasteiger partial charge on any atom is -0.268 e. The van der Waals surface area contributed by atoms with Gasteiger partial charge in [-0.2, -0.15) is 5.10 Å². The highest BCUT2D eigenvalue weighted by molar-refractivity contribution is 5.83. The van der Waals surface area contributed by atoms with Crippen LogP contribution in [0.3, 0.4) is 0 Å². The van der Waals surface area contributed by atoms with Crippen LogP contribution in [0.5, 0.6) is 0 Å². The normalized spacial score (nSPS) is 11.8. The molecule has 0 atom stereocenters. The molecule has 0 saturated carbocycles. The van der Waals surface area contributed by atoms with Crippen LogP contribution < -0.4 is 0 Å². The highest BCUT2D eigenvalue weighted by Crippen LogP contribution is 2.31. The van der Waals surface area contributed by atoms with Gasteiger partial charge in [0, 0.05) is 29.8 Å². The molecule has 22 heavy (non-hydrogen) atoms. The van der Waals surface area contributed by atoms with Gasteiger partial charge in [0.25, 0.3) is 6.43 Å². The Kier molecular flexibility index (Phi) is 3.64. The molecule has 0 amide bonds. The molecule has 0 aliphatic rings. The Morgan fingerprint density at radius 3 is 2.50 bits per heavy atom. The summed E-state index contributed by atoms with van der Waals surface area (Å²) in [6.45, 7) is 3.82. The SMILES string of the molecule is CC(C)c1cc(-c2ccc3c(cnn3C)c2)ncc1C(F)F. The van der Waals surface area contributed by atoms with Crippen LogP contribution in [-0.2, 0) is 7.05 Å². The van der Waals surface area contributed by atoms with Crippen molar-refractivity contribution in [1.29, 1.82) is 0 Å². The summed E-state index contributed by atoms with van der Waals surface area (Å²) in [5.74, 6) is 0.0212. The summed E-state index contributed by atoms with van der Waals surface area (Å²) in [4.78, 5) is 4.22. The average molecular weight is 301 g/mol. The van der Waals surface area contributed by atoms with E-state index in [1.165, 1.54) is 6.20 Å². The van der Waals surface area contributed by atoms with E-state index in [0.29, 0.717) is 11.3 Å². The maximum absolute atomic E-state index is 13.1. The largest absolute Gasteiger partial charge is 0.268 e. The van der Waals surface area contributed by atoms with E-state index in [-0.39, 0.29) is 11.5 Å². The minimum absolute atomic E-state index is 0.0150. The number of fused-ring (bicyclic) bond motifs is 1. The highest BCUT2D eigenvalue weighted by atomic mass is 19.3. The molecular formula is C17H17F2N3. The standard InChI is InChI=1S/C17H17F2N3/c1-10(2)13-7-15(20-9-14(13)17(18)19)11-4-5-16-12(6-11)8-21-22(16)3/h4-10,17H,1-3H3. The number of pyridine rings is 1. The van der Waals surface area contributed by atoms with Crippen LogP contribution in [0, 0.1) is 0 Å². The topological polar surface area (TPSA) is 30.7 Å². The zero-order chi connectivity index (χ0) is 15.9. The van der Waals surface area contributed by atoms with Gasteiger partial charge in [0.05, 0.1) is 17.4 Å². The lowest BCUT2D eigenvalue weighted by Crippen LogP contribution is -1.99. The quantitative estimate of drug-likeness (QED) is 0.702. The van der Waals surface area contributed by atoms with Crippen LogP contribution in [0.25, 0.3) is 22.2 Å². The predicted octanol–water partition coefficient (Wildman–Crippen LogP) is 4.70. The number of halogens is 2. The molecule has 0 spiro atoms. The molecule has 0 N–H and O–H groups in total. The molecule has 3 nitrogen and oxygen atoms in total. The Balaban J connectivity index is 2.11. The maximum Gasteiger partial charge on any atom is 0.265 e. The van der Waals surface area contributed by atoms with Crippen molar-refractivity contribution in [3.05, 3.63) is 47.8 Å². The molecule has 0 unspecified atom stereocenters. The highest BCUT2D eigenvalue weighted by Gasteiger charge is 2.17. The van der Waals surface area contributed by atoms with E-state index < -0.39 is 6.43 Å². The van der Waals surface area contributed by atoms with E-state index in [2.05, 4.69) is 10.1 Å². The zero-order valence-electron chi connectivity index (χ0n) is 12.7. The fraction of sp³-hybridized carbons (Fsp3) is 0.294. The number of aromatic nitrogens is 3. The molecule has 3 aromatic rings. The molecule has 3 rings (SSSR count). The number of benzene rings is 1. The van der Waals surface area contributed by atoms with Crippen molar-refractivity contribution in [3.63, 3.8) is 0 Å². The fourth-order valence-electron chi connectivity index (χ4n) is 2.64.